The van der Waals surface area contributed by atoms with Crippen molar-refractivity contribution in [3.63, 3.8) is 0 Å². The molecule has 0 spiro atoms. The largest absolute Gasteiger partial charge is 0.361 e. The van der Waals surface area contributed by atoms with Gasteiger partial charge in [0.05, 0.1) is 9.07 Å². The Labute approximate surface area is 159 Å². The Morgan fingerprint density at radius 1 is 1.42 bits per heavy atom. The summed E-state index contributed by atoms with van der Waals surface area (Å²) in [5, 5.41) is 0. The molecule has 2 aromatic rings. The molecule has 0 N–H and O–H groups in total. The van der Waals surface area contributed by atoms with Gasteiger partial charge in [-0.2, -0.15) is 0 Å². The van der Waals surface area contributed by atoms with Crippen LogP contribution in [-0.4, -0.2) is 31.0 Å². The van der Waals surface area contributed by atoms with E-state index in [1.807, 2.05) is 0 Å². The molecule has 2 rings (SSSR count). The molecule has 0 amide bonds. The van der Waals surface area contributed by atoms with Gasteiger partial charge >= 0.3 is 5.69 Å². The van der Waals surface area contributed by atoms with E-state index in [-0.39, 0.29) is 19.0 Å². The van der Waals surface area contributed by atoms with E-state index in [9.17, 15) is 9.59 Å². The zero-order valence-corrected chi connectivity index (χ0v) is 12.9. The molecule has 7 nitrogen and oxygen atoms in total. The first-order valence-electron chi connectivity index (χ1n) is 13.7. The molecule has 2 heterocycles. The summed E-state index contributed by atoms with van der Waals surface area (Å²) < 4.78 is 131. The Morgan fingerprint density at radius 2 is 2.17 bits per heavy atom. The van der Waals surface area contributed by atoms with Crippen molar-refractivity contribution in [2.24, 2.45) is 7.05 Å². The lowest BCUT2D eigenvalue weighted by atomic mass is 10.0. The summed E-state index contributed by atoms with van der Waals surface area (Å²) >= 11 is 0. The topological polar surface area (TPSA) is 71.0 Å². The van der Waals surface area contributed by atoms with Gasteiger partial charge in [0.1, 0.15) is 12.4 Å². The fourth-order valence-corrected chi connectivity index (χ4v) is 1.86. The van der Waals surface area contributed by atoms with Gasteiger partial charge in [-0.25, -0.2) is 14.2 Å². The monoisotopic (exact) mass is 354 g/mol. The smallest absolute Gasteiger partial charge is 0.332 e. The van der Waals surface area contributed by atoms with E-state index in [0.717, 1.165) is 17.9 Å². The van der Waals surface area contributed by atoms with Gasteiger partial charge in [-0.1, -0.05) is 0 Å². The summed E-state index contributed by atoms with van der Waals surface area (Å²) in [5.41, 5.74) is -8.97. The number of rotatable bonds is 8. The van der Waals surface area contributed by atoms with Gasteiger partial charge < -0.3 is 9.30 Å². The summed E-state index contributed by atoms with van der Waals surface area (Å²) in [6, 6.07) is 0. The third kappa shape index (κ3) is 3.92. The molecule has 0 saturated heterocycles. The Morgan fingerprint density at radius 3 is 2.83 bits per heavy atom. The average molecular weight is 354 g/mol. The van der Waals surface area contributed by atoms with Crippen molar-refractivity contribution in [3.05, 3.63) is 27.2 Å². The van der Waals surface area contributed by atoms with Crippen molar-refractivity contribution in [3.8, 4) is 0 Å². The predicted octanol–water partition coefficient (Wildman–Crippen LogP) is 1.81. The minimum Gasteiger partial charge on any atom is -0.361 e. The molecule has 0 aromatic carbocycles. The summed E-state index contributed by atoms with van der Waals surface area (Å²) in [6.07, 6.45) is -12.8. The number of alkyl halides is 1. The minimum atomic E-state index is -5.06. The van der Waals surface area contributed by atoms with Crippen LogP contribution in [0.2, 0.25) is 0 Å². The molecule has 0 saturated carbocycles. The van der Waals surface area contributed by atoms with Crippen molar-refractivity contribution in [2.45, 2.75) is 58.6 Å². The van der Waals surface area contributed by atoms with Gasteiger partial charge in [-0.15, -0.1) is 0 Å². The zero-order chi connectivity index (χ0) is 30.1. The van der Waals surface area contributed by atoms with Gasteiger partial charge in [0.2, 0.25) is 0 Å². The Hall–Kier alpha value is -1.96. The van der Waals surface area contributed by atoms with Gasteiger partial charge in [-0.3, -0.25) is 13.9 Å². The van der Waals surface area contributed by atoms with Crippen LogP contribution in [0.3, 0.4) is 0 Å². The number of nitrogens with zero attached hydrogens (tertiary/aromatic N) is 4. The normalized spacial score (nSPS) is 24.3. The lowest BCUT2D eigenvalue weighted by Gasteiger charge is -2.14. The van der Waals surface area contributed by atoms with Crippen LogP contribution in [0.15, 0.2) is 15.9 Å². The summed E-state index contributed by atoms with van der Waals surface area (Å²) in [7, 11) is 1.02. The lowest BCUT2D eigenvalue weighted by Crippen LogP contribution is -2.39. The third-order valence-electron chi connectivity index (χ3n) is 2.92. The Kier molecular flexibility index (Phi) is 2.16. The molecule has 134 valence electrons. The van der Waals surface area contributed by atoms with E-state index in [1.165, 1.54) is 0 Å². The van der Waals surface area contributed by atoms with Gasteiger partial charge in [0, 0.05) is 36.6 Å². The van der Waals surface area contributed by atoms with Crippen molar-refractivity contribution in [1.29, 1.82) is 0 Å². The van der Waals surface area contributed by atoms with Gasteiger partial charge in [-0.05, 0) is 39.7 Å². The number of aromatic nitrogens is 4. The fourth-order valence-electron chi connectivity index (χ4n) is 1.86. The molecule has 0 aliphatic carbocycles. The van der Waals surface area contributed by atoms with Gasteiger partial charge in [0.25, 0.3) is 5.56 Å². The number of hydrogen-bond donors (Lipinski definition) is 0. The Bertz CT molecular complexity index is 1310. The minimum absolute atomic E-state index is 0.163. The van der Waals surface area contributed by atoms with Crippen LogP contribution in [0.25, 0.3) is 11.2 Å². The number of aryl methyl sites for hydroxylation is 1. The van der Waals surface area contributed by atoms with E-state index in [4.69, 9.17) is 23.9 Å². The molecule has 8 heteroatoms. The van der Waals surface area contributed by atoms with Crippen molar-refractivity contribution >= 4 is 11.2 Å². The fraction of sp³-hybridized carbons (Fsp3) is 0.688. The predicted molar refractivity (Wildman–Crippen MR) is 89.9 cm³/mol. The van der Waals surface area contributed by atoms with E-state index in [1.54, 1.807) is 6.92 Å². The van der Waals surface area contributed by atoms with Crippen LogP contribution in [0.5, 0.6) is 0 Å². The second kappa shape index (κ2) is 7.29. The average Bonchev–Trinajstić information content (AvgIpc) is 3.17. The number of halogens is 1. The molecule has 0 aliphatic heterocycles. The summed E-state index contributed by atoms with van der Waals surface area (Å²) in [6.45, 7) is -11.5. The molecule has 0 atom stereocenters. The van der Waals surface area contributed by atoms with Crippen LogP contribution in [0.1, 0.15) is 58.9 Å². The zero-order valence-electron chi connectivity index (χ0n) is 26.9. The molecule has 0 radical (unpaired) electrons. The van der Waals surface area contributed by atoms with E-state index < -0.39 is 66.3 Å². The Balaban J connectivity index is 2.93. The van der Waals surface area contributed by atoms with E-state index >= 15 is 4.39 Å². The quantitative estimate of drug-likeness (QED) is 0.725. The highest BCUT2D eigenvalue weighted by molar-refractivity contribution is 5.69. The highest BCUT2D eigenvalue weighted by atomic mass is 19.1. The summed E-state index contributed by atoms with van der Waals surface area (Å²) in [5.74, 6) is 0. The van der Waals surface area contributed by atoms with E-state index in [0.29, 0.717) is 4.57 Å². The molecule has 0 fully saturated rings. The first kappa shape index (κ1) is 7.11. The third-order valence-corrected chi connectivity index (χ3v) is 2.92. The first-order valence-corrected chi connectivity index (χ1v) is 6.73. The van der Waals surface area contributed by atoms with Crippen molar-refractivity contribution in [1.82, 2.24) is 18.7 Å². The maximum absolute atomic E-state index is 15.8. The van der Waals surface area contributed by atoms with Crippen LogP contribution >= 0.6 is 0 Å². The number of imidazole rings is 1. The van der Waals surface area contributed by atoms with Crippen molar-refractivity contribution in [2.75, 3.05) is 6.61 Å². The SMILES string of the molecule is [2H]C([2H])([2H])C(F)(C([2H])([2H])[2H])C([2H])([2H])C([2H])([2H])C([2H])([2H])C([2H])([2H])n1c(=O)c2c(ncn2COCC)n(C)c1=O. The van der Waals surface area contributed by atoms with Crippen LogP contribution in [0, 0.1) is 0 Å². The number of fused-ring (bicyclic) bond motifs is 1. The highest BCUT2D eigenvalue weighted by Gasteiger charge is 2.17. The molecule has 0 bridgehead atoms. The lowest BCUT2D eigenvalue weighted by molar-refractivity contribution is 0.0903. The molecular formula is C16H25FN4O3. The maximum atomic E-state index is 15.8. The second-order valence-corrected chi connectivity index (χ2v) is 4.64. The van der Waals surface area contributed by atoms with Gasteiger partial charge in [0.15, 0.2) is 11.2 Å². The second-order valence-electron chi connectivity index (χ2n) is 4.64. The number of ether oxygens (including phenoxy) is 1. The van der Waals surface area contributed by atoms with E-state index in [2.05, 4.69) is 4.98 Å². The van der Waals surface area contributed by atoms with Crippen LogP contribution < -0.4 is 11.2 Å². The molecular weight excluding hydrogens is 315 g/mol. The first-order chi connectivity index (χ1) is 16.8. The standard InChI is InChI=1S/C16H25FN4O3/c1-5-24-11-20-10-18-13-12(20)14(22)21(15(23)19(13)4)9-7-6-8-16(2,3)17/h10H,5-9,11H2,1-4H3/i2D3,3D3,6D2,7D2,8D2,9D2. The highest BCUT2D eigenvalue weighted by Crippen LogP contribution is 2.17. The molecule has 0 unspecified atom stereocenters. The van der Waals surface area contributed by atoms with Crippen LogP contribution in [-0.2, 0) is 25.0 Å². The molecule has 24 heavy (non-hydrogen) atoms. The van der Waals surface area contributed by atoms with Crippen molar-refractivity contribution < 1.29 is 28.3 Å². The molecule has 2 aromatic heterocycles. The maximum Gasteiger partial charge on any atom is 0.332 e. The van der Waals surface area contributed by atoms with Crippen LogP contribution in [0.4, 0.5) is 4.39 Å². The molecule has 0 aliphatic rings. The summed E-state index contributed by atoms with van der Waals surface area (Å²) in [4.78, 5) is 30.1. The number of hydrogen-bond acceptors (Lipinski definition) is 4.